The van der Waals surface area contributed by atoms with E-state index in [-0.39, 0.29) is 11.3 Å². The van der Waals surface area contributed by atoms with Crippen molar-refractivity contribution < 1.29 is 9.18 Å². The number of anilines is 2. The van der Waals surface area contributed by atoms with Crippen molar-refractivity contribution in [2.75, 3.05) is 29.9 Å². The van der Waals surface area contributed by atoms with Crippen molar-refractivity contribution in [1.82, 2.24) is 24.3 Å². The number of carbonyl (C=O) groups is 1. The van der Waals surface area contributed by atoms with Crippen LogP contribution in [0, 0.1) is 18.7 Å². The second-order valence-corrected chi connectivity index (χ2v) is 9.66. The lowest BCUT2D eigenvalue weighted by atomic mass is 10.1. The maximum absolute atomic E-state index is 14.3. The standard InChI is InChI=1S/C24H28FN7O/c1-15-11-31-14-17(8-20(25)23(31)28-15)29-24(33)21-9-27-22(10-26-21)30-7-6-16(12-30)13-32(18-2-3-18)19-4-5-19/h8-11,14,16,18-19H,2-7,12-13H2,1H3,(H,29,33)/t16-/m1/s1. The first-order valence-electron chi connectivity index (χ1n) is 11.8. The average Bonchev–Trinajstić information content (AvgIpc) is 3.73. The number of carbonyl (C=O) groups excluding carboxylic acids is 1. The van der Waals surface area contributed by atoms with Crippen LogP contribution in [0.1, 0.15) is 48.3 Å². The Morgan fingerprint density at radius 3 is 2.64 bits per heavy atom. The number of hydrogen-bond donors (Lipinski definition) is 1. The molecule has 33 heavy (non-hydrogen) atoms. The van der Waals surface area contributed by atoms with Gasteiger partial charge in [-0.2, -0.15) is 0 Å². The first-order valence-corrected chi connectivity index (χ1v) is 11.8. The van der Waals surface area contributed by atoms with E-state index >= 15 is 0 Å². The SMILES string of the molecule is Cc1cn2cc(NC(=O)c3cnc(N4CC[C@@H](CN(C5CC5)C5CC5)C4)cn3)cc(F)c2n1. The number of amides is 1. The van der Waals surface area contributed by atoms with Gasteiger partial charge in [0.05, 0.1) is 23.8 Å². The summed E-state index contributed by atoms with van der Waals surface area (Å²) in [5, 5.41) is 2.70. The van der Waals surface area contributed by atoms with E-state index in [1.165, 1.54) is 50.9 Å². The summed E-state index contributed by atoms with van der Waals surface area (Å²) in [7, 11) is 0. The molecule has 4 heterocycles. The Morgan fingerprint density at radius 1 is 1.15 bits per heavy atom. The lowest BCUT2D eigenvalue weighted by Gasteiger charge is -2.25. The molecule has 0 aromatic carbocycles. The molecule has 0 unspecified atom stereocenters. The van der Waals surface area contributed by atoms with Crippen LogP contribution in [0.25, 0.3) is 5.65 Å². The lowest BCUT2D eigenvalue weighted by molar-refractivity contribution is 0.102. The van der Waals surface area contributed by atoms with E-state index in [0.29, 0.717) is 17.3 Å². The Balaban J connectivity index is 1.08. The van der Waals surface area contributed by atoms with E-state index < -0.39 is 11.7 Å². The highest BCUT2D eigenvalue weighted by Gasteiger charge is 2.40. The Bertz CT molecular complexity index is 1170. The minimum Gasteiger partial charge on any atom is -0.355 e. The fraction of sp³-hybridized carbons (Fsp3) is 0.500. The van der Waals surface area contributed by atoms with Crippen molar-refractivity contribution in [2.24, 2.45) is 5.92 Å². The largest absolute Gasteiger partial charge is 0.355 e. The zero-order chi connectivity index (χ0) is 22.5. The summed E-state index contributed by atoms with van der Waals surface area (Å²) in [6.45, 7) is 4.94. The minimum absolute atomic E-state index is 0.199. The molecule has 2 aliphatic carbocycles. The number of imidazole rings is 1. The number of nitrogens with zero attached hydrogens (tertiary/aromatic N) is 6. The molecule has 3 aromatic rings. The molecule has 3 aliphatic rings. The number of fused-ring (bicyclic) bond motifs is 1. The average molecular weight is 450 g/mol. The molecule has 0 spiro atoms. The maximum atomic E-state index is 14.3. The number of aryl methyl sites for hydroxylation is 1. The summed E-state index contributed by atoms with van der Waals surface area (Å²) in [4.78, 5) is 30.6. The van der Waals surface area contributed by atoms with Crippen LogP contribution in [0.5, 0.6) is 0 Å². The van der Waals surface area contributed by atoms with Gasteiger partial charge in [0.2, 0.25) is 0 Å². The lowest BCUT2D eigenvalue weighted by Crippen LogP contribution is -2.34. The van der Waals surface area contributed by atoms with E-state index in [0.717, 1.165) is 31.0 Å². The van der Waals surface area contributed by atoms with Crippen LogP contribution >= 0.6 is 0 Å². The third kappa shape index (κ3) is 4.29. The van der Waals surface area contributed by atoms with Gasteiger partial charge in [0.15, 0.2) is 11.5 Å². The highest BCUT2D eigenvalue weighted by molar-refractivity contribution is 6.02. The van der Waals surface area contributed by atoms with E-state index in [4.69, 9.17) is 0 Å². The van der Waals surface area contributed by atoms with Crippen LogP contribution in [0.2, 0.25) is 0 Å². The number of nitrogens with one attached hydrogen (secondary N) is 1. The van der Waals surface area contributed by atoms with E-state index in [1.807, 2.05) is 0 Å². The Hall–Kier alpha value is -3.07. The molecule has 1 N–H and O–H groups in total. The van der Waals surface area contributed by atoms with Crippen molar-refractivity contribution in [3.8, 4) is 0 Å². The summed E-state index contributed by atoms with van der Waals surface area (Å²) in [6, 6.07) is 2.92. The van der Waals surface area contributed by atoms with Crippen molar-refractivity contribution >= 4 is 23.1 Å². The highest BCUT2D eigenvalue weighted by atomic mass is 19.1. The molecule has 1 aliphatic heterocycles. The number of aromatic nitrogens is 4. The summed E-state index contributed by atoms with van der Waals surface area (Å²) >= 11 is 0. The van der Waals surface area contributed by atoms with Crippen LogP contribution < -0.4 is 10.2 Å². The zero-order valence-corrected chi connectivity index (χ0v) is 18.7. The Labute approximate surface area is 191 Å². The molecule has 1 saturated heterocycles. The van der Waals surface area contributed by atoms with E-state index in [9.17, 15) is 9.18 Å². The van der Waals surface area contributed by atoms with E-state index in [1.54, 1.807) is 29.9 Å². The Morgan fingerprint density at radius 2 is 1.94 bits per heavy atom. The van der Waals surface area contributed by atoms with Gasteiger partial charge in [-0.25, -0.2) is 19.3 Å². The molecule has 0 radical (unpaired) electrons. The second kappa shape index (κ2) is 8.06. The summed E-state index contributed by atoms with van der Waals surface area (Å²) in [5.41, 5.74) is 1.48. The number of halogens is 1. The Kier molecular flexibility index (Phi) is 5.01. The predicted molar refractivity (Wildman–Crippen MR) is 123 cm³/mol. The fourth-order valence-corrected chi connectivity index (χ4v) is 4.94. The molecule has 3 fully saturated rings. The number of rotatable bonds is 7. The van der Waals surface area contributed by atoms with Gasteiger partial charge in [-0.3, -0.25) is 9.69 Å². The molecule has 6 rings (SSSR count). The van der Waals surface area contributed by atoms with Gasteiger partial charge in [0, 0.05) is 50.2 Å². The predicted octanol–water partition coefficient (Wildman–Crippen LogP) is 3.28. The first-order chi connectivity index (χ1) is 16.0. The van der Waals surface area contributed by atoms with Crippen molar-refractivity contribution in [1.29, 1.82) is 0 Å². The van der Waals surface area contributed by atoms with E-state index in [2.05, 4.69) is 30.1 Å². The molecule has 8 nitrogen and oxygen atoms in total. The van der Waals surface area contributed by atoms with Crippen LogP contribution in [0.3, 0.4) is 0 Å². The van der Waals surface area contributed by atoms with Gasteiger partial charge < -0.3 is 14.6 Å². The quantitative estimate of drug-likeness (QED) is 0.597. The molecular weight excluding hydrogens is 421 g/mol. The second-order valence-electron chi connectivity index (χ2n) is 9.66. The van der Waals surface area contributed by atoms with Crippen LogP contribution in [0.15, 0.2) is 30.9 Å². The van der Waals surface area contributed by atoms with Gasteiger partial charge in [-0.1, -0.05) is 0 Å². The fourth-order valence-electron chi connectivity index (χ4n) is 4.94. The van der Waals surface area contributed by atoms with Crippen molar-refractivity contribution in [2.45, 2.75) is 51.1 Å². The molecule has 172 valence electrons. The van der Waals surface area contributed by atoms with Gasteiger partial charge in [0.1, 0.15) is 11.5 Å². The third-order valence-electron chi connectivity index (χ3n) is 6.87. The highest BCUT2D eigenvalue weighted by Crippen LogP contribution is 2.38. The molecule has 3 aromatic heterocycles. The molecule has 2 saturated carbocycles. The van der Waals surface area contributed by atoms with Gasteiger partial charge in [-0.05, 0) is 44.9 Å². The van der Waals surface area contributed by atoms with Crippen LogP contribution in [-0.2, 0) is 0 Å². The summed E-state index contributed by atoms with van der Waals surface area (Å²) in [6.07, 6.45) is 13.1. The molecule has 0 bridgehead atoms. The number of hydrogen-bond acceptors (Lipinski definition) is 6. The van der Waals surface area contributed by atoms with Crippen LogP contribution in [-0.4, -0.2) is 61.9 Å². The topological polar surface area (TPSA) is 78.7 Å². The minimum atomic E-state index is -0.493. The maximum Gasteiger partial charge on any atom is 0.275 e. The van der Waals surface area contributed by atoms with Gasteiger partial charge in [-0.15, -0.1) is 0 Å². The smallest absolute Gasteiger partial charge is 0.275 e. The zero-order valence-electron chi connectivity index (χ0n) is 18.7. The van der Waals surface area contributed by atoms with Crippen molar-refractivity contribution in [3.63, 3.8) is 0 Å². The molecule has 1 amide bonds. The van der Waals surface area contributed by atoms with Crippen molar-refractivity contribution in [3.05, 3.63) is 48.1 Å². The first kappa shape index (κ1) is 20.5. The normalized spacial score (nSPS) is 20.7. The summed E-state index contributed by atoms with van der Waals surface area (Å²) < 4.78 is 15.8. The summed E-state index contributed by atoms with van der Waals surface area (Å²) in [5.74, 6) is 0.550. The number of pyridine rings is 1. The molecule has 9 heteroatoms. The van der Waals surface area contributed by atoms with Crippen LogP contribution in [0.4, 0.5) is 15.9 Å². The van der Waals surface area contributed by atoms with Gasteiger partial charge in [0.25, 0.3) is 5.91 Å². The monoisotopic (exact) mass is 449 g/mol. The molecular formula is C24H28FN7O. The molecule has 1 atom stereocenters. The third-order valence-corrected chi connectivity index (χ3v) is 6.87. The van der Waals surface area contributed by atoms with Gasteiger partial charge >= 0.3 is 0 Å².